The molecule has 0 fully saturated rings. The quantitative estimate of drug-likeness (QED) is 0.797. The van der Waals surface area contributed by atoms with Crippen LogP contribution in [0, 0.1) is 5.82 Å². The minimum atomic E-state index is -1.34. The van der Waals surface area contributed by atoms with Gasteiger partial charge < -0.3 is 4.98 Å². The molecule has 15 heavy (non-hydrogen) atoms. The van der Waals surface area contributed by atoms with E-state index in [0.717, 1.165) is 0 Å². The summed E-state index contributed by atoms with van der Waals surface area (Å²) < 4.78 is 24.0. The van der Waals surface area contributed by atoms with Crippen molar-refractivity contribution in [2.75, 3.05) is 6.26 Å². The van der Waals surface area contributed by atoms with E-state index in [1.807, 2.05) is 0 Å². The summed E-state index contributed by atoms with van der Waals surface area (Å²) in [5.41, 5.74) is 0.0961. The first kappa shape index (κ1) is 10.0. The van der Waals surface area contributed by atoms with E-state index in [0.29, 0.717) is 10.9 Å². The van der Waals surface area contributed by atoms with Crippen LogP contribution in [-0.4, -0.2) is 15.4 Å². The number of aromatic amines is 1. The van der Waals surface area contributed by atoms with Crippen LogP contribution < -0.4 is 5.43 Å². The summed E-state index contributed by atoms with van der Waals surface area (Å²) in [7, 11) is -1.34. The fourth-order valence-corrected chi connectivity index (χ4v) is 1.98. The van der Waals surface area contributed by atoms with Gasteiger partial charge in [-0.2, -0.15) is 0 Å². The monoisotopic (exact) mass is 225 g/mol. The first-order chi connectivity index (χ1) is 7.09. The first-order valence-electron chi connectivity index (χ1n) is 4.24. The van der Waals surface area contributed by atoms with E-state index in [1.165, 1.54) is 30.7 Å². The van der Waals surface area contributed by atoms with E-state index in [9.17, 15) is 13.4 Å². The minimum Gasteiger partial charge on any atom is -0.360 e. The minimum absolute atomic E-state index is 0.203. The van der Waals surface area contributed by atoms with Gasteiger partial charge in [-0.05, 0) is 18.2 Å². The second kappa shape index (κ2) is 3.58. The fraction of sp³-hybridized carbons (Fsp3) is 0.100. The summed E-state index contributed by atoms with van der Waals surface area (Å²) in [4.78, 5) is 14.7. The van der Waals surface area contributed by atoms with Crippen molar-refractivity contribution >= 4 is 21.7 Å². The topological polar surface area (TPSA) is 49.9 Å². The summed E-state index contributed by atoms with van der Waals surface area (Å²) in [6.45, 7) is 0. The number of pyridine rings is 1. The van der Waals surface area contributed by atoms with Crippen LogP contribution in [0.4, 0.5) is 4.39 Å². The normalized spacial score (nSPS) is 12.9. The predicted octanol–water partition coefficient (Wildman–Crippen LogP) is 1.40. The van der Waals surface area contributed by atoms with Gasteiger partial charge >= 0.3 is 0 Å². The second-order valence-electron chi connectivity index (χ2n) is 3.13. The maximum Gasteiger partial charge on any atom is 0.205 e. The fourth-order valence-electron chi connectivity index (χ4n) is 1.39. The summed E-state index contributed by atoms with van der Waals surface area (Å²) in [5, 5.41) is 0.351. The number of hydrogen-bond acceptors (Lipinski definition) is 2. The molecule has 0 unspecified atom stereocenters. The van der Waals surface area contributed by atoms with Crippen LogP contribution in [0.25, 0.3) is 10.9 Å². The van der Waals surface area contributed by atoms with Crippen molar-refractivity contribution in [3.05, 3.63) is 40.4 Å². The lowest BCUT2D eigenvalue weighted by atomic mass is 10.2. The highest BCUT2D eigenvalue weighted by molar-refractivity contribution is 7.84. The van der Waals surface area contributed by atoms with Gasteiger partial charge in [0.1, 0.15) is 10.7 Å². The molecule has 2 rings (SSSR count). The molecule has 0 aliphatic carbocycles. The van der Waals surface area contributed by atoms with Crippen LogP contribution in [0.1, 0.15) is 0 Å². The molecule has 0 saturated heterocycles. The van der Waals surface area contributed by atoms with E-state index >= 15 is 0 Å². The largest absolute Gasteiger partial charge is 0.360 e. The number of benzene rings is 1. The highest BCUT2D eigenvalue weighted by Crippen LogP contribution is 2.10. The lowest BCUT2D eigenvalue weighted by molar-refractivity contribution is 0.629. The van der Waals surface area contributed by atoms with Crippen LogP contribution in [-0.2, 0) is 10.8 Å². The van der Waals surface area contributed by atoms with Crippen molar-refractivity contribution in [2.45, 2.75) is 4.90 Å². The van der Waals surface area contributed by atoms with Gasteiger partial charge in [0.25, 0.3) is 0 Å². The molecule has 0 aliphatic heterocycles. The molecule has 0 bridgehead atoms. The van der Waals surface area contributed by atoms with Gasteiger partial charge in [0.2, 0.25) is 5.43 Å². The Bertz CT molecular complexity index is 606. The zero-order chi connectivity index (χ0) is 11.0. The average Bonchev–Trinajstić information content (AvgIpc) is 2.17. The molecule has 1 atom stereocenters. The Kier molecular flexibility index (Phi) is 2.40. The smallest absolute Gasteiger partial charge is 0.205 e. The molecule has 3 nitrogen and oxygen atoms in total. The molecule has 0 spiro atoms. The summed E-state index contributed by atoms with van der Waals surface area (Å²) >= 11 is 0. The molecule has 78 valence electrons. The Balaban J connectivity index is 2.86. The Labute approximate surface area is 87.4 Å². The molecule has 0 saturated carbocycles. The summed E-state index contributed by atoms with van der Waals surface area (Å²) in [6.07, 6.45) is 2.79. The second-order valence-corrected chi connectivity index (χ2v) is 4.47. The number of rotatable bonds is 1. The number of halogens is 1. The van der Waals surface area contributed by atoms with Gasteiger partial charge in [-0.3, -0.25) is 9.00 Å². The third-order valence-electron chi connectivity index (χ3n) is 2.12. The third kappa shape index (κ3) is 1.70. The van der Waals surface area contributed by atoms with Crippen LogP contribution in [0.15, 0.2) is 34.1 Å². The van der Waals surface area contributed by atoms with Gasteiger partial charge in [0.15, 0.2) is 0 Å². The SMILES string of the molecule is C[S@](=O)c1c[nH]c2cc(F)ccc2c1=O. The molecule has 2 aromatic rings. The van der Waals surface area contributed by atoms with Gasteiger partial charge in [0, 0.05) is 17.8 Å². The maximum absolute atomic E-state index is 12.8. The molecule has 0 amide bonds. The predicted molar refractivity (Wildman–Crippen MR) is 56.9 cm³/mol. The van der Waals surface area contributed by atoms with E-state index in [-0.39, 0.29) is 10.3 Å². The number of nitrogens with one attached hydrogen (secondary N) is 1. The molecule has 0 aliphatic rings. The molecule has 0 radical (unpaired) electrons. The maximum atomic E-state index is 12.8. The molecule has 1 aromatic carbocycles. The highest BCUT2D eigenvalue weighted by atomic mass is 32.2. The standard InChI is InChI=1S/C10H8FNO2S/c1-15(14)9-5-12-8-4-6(11)2-3-7(8)10(9)13/h2-5H,1H3,(H,12,13)/t15-/m0/s1. The molecular weight excluding hydrogens is 217 g/mol. The third-order valence-corrected chi connectivity index (χ3v) is 3.04. The molecule has 1 heterocycles. The van der Waals surface area contributed by atoms with E-state index in [2.05, 4.69) is 4.98 Å². The van der Waals surface area contributed by atoms with Crippen LogP contribution in [0.3, 0.4) is 0 Å². The van der Waals surface area contributed by atoms with Gasteiger partial charge in [-0.25, -0.2) is 4.39 Å². The summed E-state index contributed by atoms with van der Waals surface area (Å²) in [5.74, 6) is -0.413. The lowest BCUT2D eigenvalue weighted by Crippen LogP contribution is -2.10. The van der Waals surface area contributed by atoms with Gasteiger partial charge in [-0.15, -0.1) is 0 Å². The zero-order valence-electron chi connectivity index (χ0n) is 7.91. The number of fused-ring (bicyclic) bond motifs is 1. The van der Waals surface area contributed by atoms with Crippen molar-refractivity contribution in [3.8, 4) is 0 Å². The van der Waals surface area contributed by atoms with E-state index < -0.39 is 16.6 Å². The number of hydrogen-bond donors (Lipinski definition) is 1. The molecular formula is C10H8FNO2S. The molecule has 5 heteroatoms. The Morgan fingerprint density at radius 1 is 1.40 bits per heavy atom. The van der Waals surface area contributed by atoms with Crippen LogP contribution in [0.5, 0.6) is 0 Å². The Morgan fingerprint density at radius 2 is 2.13 bits per heavy atom. The van der Waals surface area contributed by atoms with Crippen molar-refractivity contribution in [1.82, 2.24) is 4.98 Å². The zero-order valence-corrected chi connectivity index (χ0v) is 8.73. The van der Waals surface area contributed by atoms with Gasteiger partial charge in [-0.1, -0.05) is 0 Å². The van der Waals surface area contributed by atoms with E-state index in [1.54, 1.807) is 0 Å². The number of H-pyrrole nitrogens is 1. The number of aromatic nitrogens is 1. The Morgan fingerprint density at radius 3 is 2.80 bits per heavy atom. The van der Waals surface area contributed by atoms with Crippen LogP contribution in [0.2, 0.25) is 0 Å². The van der Waals surface area contributed by atoms with E-state index in [4.69, 9.17) is 0 Å². The first-order valence-corrected chi connectivity index (χ1v) is 5.80. The van der Waals surface area contributed by atoms with Gasteiger partial charge in [0.05, 0.1) is 16.3 Å². The van der Waals surface area contributed by atoms with Crippen molar-refractivity contribution in [1.29, 1.82) is 0 Å². The molecule has 1 aromatic heterocycles. The van der Waals surface area contributed by atoms with Crippen molar-refractivity contribution in [3.63, 3.8) is 0 Å². The van der Waals surface area contributed by atoms with Crippen molar-refractivity contribution < 1.29 is 8.60 Å². The van der Waals surface area contributed by atoms with Crippen LogP contribution >= 0.6 is 0 Å². The highest BCUT2D eigenvalue weighted by Gasteiger charge is 2.07. The average molecular weight is 225 g/mol. The molecule has 1 N–H and O–H groups in total. The Hall–Kier alpha value is -1.49. The lowest BCUT2D eigenvalue weighted by Gasteiger charge is -2.00. The van der Waals surface area contributed by atoms with Crippen molar-refractivity contribution in [2.24, 2.45) is 0 Å². The summed E-state index contributed by atoms with van der Waals surface area (Å²) in [6, 6.07) is 3.83.